The summed E-state index contributed by atoms with van der Waals surface area (Å²) in [6, 6.07) is 2.67. The van der Waals surface area contributed by atoms with Crippen molar-refractivity contribution in [1.29, 1.82) is 0 Å². The number of carbonyl (C=O) groups excluding carboxylic acids is 2. The summed E-state index contributed by atoms with van der Waals surface area (Å²) >= 11 is 0. The Morgan fingerprint density at radius 3 is 2.27 bits per heavy atom. The number of nitrogens with two attached hydrogens (primary N) is 1. The fraction of sp³-hybridized carbons (Fsp3) is 0.636. The van der Waals surface area contributed by atoms with E-state index in [4.69, 9.17) is 24.7 Å². The number of likely N-dealkylation sites (N-methyl/N-ethyl adjacent to an activating group) is 1. The normalized spacial score (nSPS) is 36.6. The molecule has 0 spiro atoms. The maximum atomic E-state index is 12.5. The second-order valence-corrected chi connectivity index (χ2v) is 9.85. The van der Waals surface area contributed by atoms with E-state index in [2.05, 4.69) is 0 Å². The lowest BCUT2D eigenvalue weighted by Crippen LogP contribution is -2.70. The van der Waals surface area contributed by atoms with Crippen LogP contribution in [-0.2, 0) is 23.7 Å². The highest BCUT2D eigenvalue weighted by Crippen LogP contribution is 2.32. The van der Waals surface area contributed by atoms with Crippen molar-refractivity contribution in [2.24, 2.45) is 0 Å². The summed E-state index contributed by atoms with van der Waals surface area (Å²) in [5.74, 6) is -3.32. The number of carbonyl (C=O) groups is 2. The average Bonchev–Trinajstić information content (AvgIpc) is 2.79. The first-order chi connectivity index (χ1) is 17.1. The average molecular weight is 532 g/mol. The number of aromatic hydroxyl groups is 1. The SMILES string of the molecule is C[N+](C)(C)[C@@H]1[C@@H](O)[C@H](O[C@@H]2O[C@H](C(=O)[O-])[C@@H](O)[C@H](O)[C@H]2O)[C@@H](COC(=O)c2cc(N)ccc2O)O[C@H]1O. The molecule has 0 aromatic heterocycles. The number of carboxylic acid groups (broad SMARTS) is 1. The van der Waals surface area contributed by atoms with Crippen LogP contribution in [0.4, 0.5) is 5.69 Å². The molecule has 2 fully saturated rings. The highest BCUT2D eigenvalue weighted by atomic mass is 16.7. The van der Waals surface area contributed by atoms with Crippen LogP contribution in [0.1, 0.15) is 10.4 Å². The van der Waals surface area contributed by atoms with Gasteiger partial charge in [0.15, 0.2) is 12.3 Å². The minimum Gasteiger partial charge on any atom is -0.547 e. The Balaban J connectivity index is 1.85. The Morgan fingerprint density at radius 1 is 1.03 bits per heavy atom. The molecule has 0 unspecified atom stereocenters. The van der Waals surface area contributed by atoms with E-state index >= 15 is 0 Å². The molecule has 8 N–H and O–H groups in total. The first kappa shape index (κ1) is 29.0. The molecular formula is C22H32N2O13. The number of phenolic OH excluding ortho intramolecular Hbond substituents is 1. The molecule has 37 heavy (non-hydrogen) atoms. The molecule has 3 rings (SSSR count). The van der Waals surface area contributed by atoms with Gasteiger partial charge in [0.1, 0.15) is 60.6 Å². The minimum atomic E-state index is -2.08. The van der Waals surface area contributed by atoms with Crippen LogP contribution in [0.5, 0.6) is 5.75 Å². The standard InChI is InChI=1S/C22H32N2O13/c1-24(2,3)12-13(26)17(36-22-16(29)14(27)15(28)18(37-22)19(30)31)11(35-21(12)33)7-34-20(32)9-6-8(23)4-5-10(9)25/h4-6,11-18,21-22,26-29,33H,7,23H2,1-3H3,(H-,25,30,31,32)/t11-,12-,13-,14+,15+,16-,17-,18+,21-,22-/m1/s1. The third-order valence-electron chi connectivity index (χ3n) is 6.27. The molecule has 15 heteroatoms. The Labute approximate surface area is 211 Å². The number of aliphatic hydroxyl groups excluding tert-OH is 5. The van der Waals surface area contributed by atoms with E-state index in [0.717, 1.165) is 0 Å². The molecule has 1 aromatic rings. The minimum absolute atomic E-state index is 0.0387. The van der Waals surface area contributed by atoms with Crippen LogP contribution in [0.3, 0.4) is 0 Å². The number of aliphatic hydroxyl groups is 5. The number of carboxylic acids is 1. The van der Waals surface area contributed by atoms with Crippen molar-refractivity contribution in [1.82, 2.24) is 0 Å². The van der Waals surface area contributed by atoms with E-state index in [1.807, 2.05) is 0 Å². The lowest BCUT2D eigenvalue weighted by molar-refractivity contribution is -0.909. The smallest absolute Gasteiger partial charge is 0.342 e. The van der Waals surface area contributed by atoms with Crippen LogP contribution in [0.15, 0.2) is 18.2 Å². The largest absolute Gasteiger partial charge is 0.547 e. The zero-order valence-electron chi connectivity index (χ0n) is 20.3. The van der Waals surface area contributed by atoms with Gasteiger partial charge in [-0.3, -0.25) is 0 Å². The first-order valence-electron chi connectivity index (χ1n) is 11.3. The highest BCUT2D eigenvalue weighted by molar-refractivity contribution is 5.93. The Kier molecular flexibility index (Phi) is 8.63. The number of hydrogen-bond acceptors (Lipinski definition) is 14. The lowest BCUT2D eigenvalue weighted by Gasteiger charge is -2.49. The van der Waals surface area contributed by atoms with E-state index in [1.54, 1.807) is 21.1 Å². The third-order valence-corrected chi connectivity index (χ3v) is 6.27. The number of esters is 1. The van der Waals surface area contributed by atoms with Crippen LogP contribution >= 0.6 is 0 Å². The van der Waals surface area contributed by atoms with Gasteiger partial charge in [-0.2, -0.15) is 0 Å². The summed E-state index contributed by atoms with van der Waals surface area (Å²) in [5, 5.41) is 73.3. The number of benzene rings is 1. The maximum Gasteiger partial charge on any atom is 0.342 e. The number of rotatable bonds is 7. The molecule has 15 nitrogen and oxygen atoms in total. The van der Waals surface area contributed by atoms with E-state index in [9.17, 15) is 45.3 Å². The van der Waals surface area contributed by atoms with Crippen LogP contribution in [0.25, 0.3) is 0 Å². The molecule has 10 atom stereocenters. The monoisotopic (exact) mass is 532 g/mol. The number of nitrogen functional groups attached to an aromatic ring is 1. The number of aliphatic carboxylic acids is 1. The van der Waals surface area contributed by atoms with Crippen LogP contribution in [-0.4, -0.2) is 136 Å². The molecule has 0 aliphatic carbocycles. The van der Waals surface area contributed by atoms with Crippen molar-refractivity contribution in [3.05, 3.63) is 23.8 Å². The van der Waals surface area contributed by atoms with Gasteiger partial charge in [-0.1, -0.05) is 0 Å². The van der Waals surface area contributed by atoms with Crippen molar-refractivity contribution in [3.63, 3.8) is 0 Å². The van der Waals surface area contributed by atoms with Gasteiger partial charge < -0.3 is 69.7 Å². The van der Waals surface area contributed by atoms with Crippen molar-refractivity contribution in [2.75, 3.05) is 33.5 Å². The summed E-state index contributed by atoms with van der Waals surface area (Å²) < 4.78 is 21.4. The highest BCUT2D eigenvalue weighted by Gasteiger charge is 2.54. The number of anilines is 1. The zero-order chi connectivity index (χ0) is 27.8. The van der Waals surface area contributed by atoms with Gasteiger partial charge in [-0.05, 0) is 18.2 Å². The Bertz CT molecular complexity index is 986. The molecular weight excluding hydrogens is 500 g/mol. The summed E-state index contributed by atoms with van der Waals surface area (Å²) in [6.45, 7) is -0.645. The molecule has 208 valence electrons. The van der Waals surface area contributed by atoms with Gasteiger partial charge in [-0.25, -0.2) is 4.79 Å². The number of nitrogens with zero attached hydrogens (tertiary/aromatic N) is 1. The molecule has 0 radical (unpaired) electrons. The maximum absolute atomic E-state index is 12.5. The van der Waals surface area contributed by atoms with Crippen LogP contribution in [0, 0.1) is 0 Å². The third kappa shape index (κ3) is 6.11. The van der Waals surface area contributed by atoms with E-state index in [-0.39, 0.29) is 15.7 Å². The number of hydrogen-bond donors (Lipinski definition) is 7. The topological polar surface area (TPSA) is 242 Å². The first-order valence-corrected chi connectivity index (χ1v) is 11.3. The quantitative estimate of drug-likeness (QED) is 0.0755. The molecule has 0 amide bonds. The fourth-order valence-corrected chi connectivity index (χ4v) is 4.33. The Hall–Kier alpha value is -2.60. The summed E-state index contributed by atoms with van der Waals surface area (Å²) in [6.07, 6.45) is -16.0. The van der Waals surface area contributed by atoms with Gasteiger partial charge in [0.2, 0.25) is 6.29 Å². The second kappa shape index (κ2) is 11.0. The van der Waals surface area contributed by atoms with E-state index < -0.39 is 85.6 Å². The number of quaternary nitrogens is 1. The van der Waals surface area contributed by atoms with Gasteiger partial charge in [0.05, 0.1) is 27.1 Å². The van der Waals surface area contributed by atoms with Crippen molar-refractivity contribution >= 4 is 17.6 Å². The number of phenols is 1. The van der Waals surface area contributed by atoms with Crippen LogP contribution < -0.4 is 10.8 Å². The van der Waals surface area contributed by atoms with E-state index in [1.165, 1.54) is 18.2 Å². The Morgan fingerprint density at radius 2 is 1.68 bits per heavy atom. The second-order valence-electron chi connectivity index (χ2n) is 9.85. The molecule has 1 aromatic carbocycles. The van der Waals surface area contributed by atoms with Crippen LogP contribution in [0.2, 0.25) is 0 Å². The summed E-state index contributed by atoms with van der Waals surface area (Å²) in [7, 11) is 4.91. The van der Waals surface area contributed by atoms with Gasteiger partial charge >= 0.3 is 5.97 Å². The molecule has 0 saturated carbocycles. The van der Waals surface area contributed by atoms with Crippen molar-refractivity contribution < 1.29 is 68.8 Å². The molecule has 0 bridgehead atoms. The molecule has 2 saturated heterocycles. The van der Waals surface area contributed by atoms with Crippen molar-refractivity contribution in [2.45, 2.75) is 61.3 Å². The van der Waals surface area contributed by atoms with Crippen molar-refractivity contribution in [3.8, 4) is 5.75 Å². The summed E-state index contributed by atoms with van der Waals surface area (Å²) in [5.41, 5.74) is 5.54. The van der Waals surface area contributed by atoms with Gasteiger partial charge in [-0.15, -0.1) is 0 Å². The fourth-order valence-electron chi connectivity index (χ4n) is 4.33. The van der Waals surface area contributed by atoms with Gasteiger partial charge in [0.25, 0.3) is 0 Å². The predicted octanol–water partition coefficient (Wildman–Crippen LogP) is -4.77. The van der Waals surface area contributed by atoms with Gasteiger partial charge in [0, 0.05) is 5.69 Å². The van der Waals surface area contributed by atoms with E-state index in [0.29, 0.717) is 0 Å². The molecule has 2 heterocycles. The molecule has 2 aliphatic rings. The molecule has 2 aliphatic heterocycles. The predicted molar refractivity (Wildman–Crippen MR) is 118 cm³/mol. The lowest BCUT2D eigenvalue weighted by atomic mass is 9.94. The summed E-state index contributed by atoms with van der Waals surface area (Å²) in [4.78, 5) is 23.9. The zero-order valence-corrected chi connectivity index (χ0v) is 20.3. The number of ether oxygens (including phenoxy) is 4.